The van der Waals surface area contributed by atoms with Gasteiger partial charge in [-0.15, -0.1) is 0 Å². The van der Waals surface area contributed by atoms with Gasteiger partial charge < -0.3 is 5.32 Å². The molecule has 0 aromatic carbocycles. The zero-order valence-electron chi connectivity index (χ0n) is 13.2. The molecule has 1 aromatic rings. The minimum atomic E-state index is 0.606. The van der Waals surface area contributed by atoms with Crippen molar-refractivity contribution in [2.24, 2.45) is 11.8 Å². The first-order valence-electron chi connectivity index (χ1n) is 7.98. The Hall–Kier alpha value is -0.940. The van der Waals surface area contributed by atoms with Crippen LogP contribution >= 0.6 is 0 Å². The zero-order chi connectivity index (χ0) is 14.4. The second kappa shape index (κ2) is 7.74. The molecule has 0 spiro atoms. The van der Waals surface area contributed by atoms with Gasteiger partial charge in [-0.2, -0.15) is 5.10 Å². The molecule has 1 N–H and O–H groups in total. The number of nitrogens with one attached hydrogen (secondary N) is 1. The molecule has 1 fully saturated rings. The third-order valence-corrected chi connectivity index (χ3v) is 4.02. The summed E-state index contributed by atoms with van der Waals surface area (Å²) in [7, 11) is 0. The Kier molecular flexibility index (Phi) is 5.98. The van der Waals surface area contributed by atoms with Crippen LogP contribution in [0.4, 0.5) is 0 Å². The highest BCUT2D eigenvalue weighted by Gasteiger charge is 2.18. The molecule has 2 rings (SSSR count). The maximum absolute atomic E-state index is 4.45. The monoisotopic (exact) mass is 279 g/mol. The predicted molar refractivity (Wildman–Crippen MR) is 81.4 cm³/mol. The molecule has 1 aliphatic heterocycles. The van der Waals surface area contributed by atoms with Gasteiger partial charge in [-0.05, 0) is 44.3 Å². The quantitative estimate of drug-likeness (QED) is 0.826. The molecule has 0 saturated carbocycles. The highest BCUT2D eigenvalue weighted by Crippen LogP contribution is 2.15. The molecule has 20 heavy (non-hydrogen) atoms. The Labute approximate surface area is 122 Å². The summed E-state index contributed by atoms with van der Waals surface area (Å²) in [6, 6.07) is 0. The zero-order valence-corrected chi connectivity index (χ0v) is 13.2. The van der Waals surface area contributed by atoms with Crippen molar-refractivity contribution in [1.29, 1.82) is 0 Å². The van der Waals surface area contributed by atoms with E-state index in [2.05, 4.69) is 45.8 Å². The maximum atomic E-state index is 4.45. The lowest BCUT2D eigenvalue weighted by Crippen LogP contribution is -2.36. The van der Waals surface area contributed by atoms with Gasteiger partial charge in [-0.25, -0.2) is 9.67 Å². The minimum absolute atomic E-state index is 0.606. The fourth-order valence-corrected chi connectivity index (χ4v) is 2.84. The molecule has 2 heterocycles. The van der Waals surface area contributed by atoms with Crippen LogP contribution in [0.1, 0.15) is 39.4 Å². The summed E-state index contributed by atoms with van der Waals surface area (Å²) in [4.78, 5) is 6.96. The van der Waals surface area contributed by atoms with Gasteiger partial charge in [0.2, 0.25) is 0 Å². The van der Waals surface area contributed by atoms with E-state index in [-0.39, 0.29) is 0 Å². The summed E-state index contributed by atoms with van der Waals surface area (Å²) < 4.78 is 2.07. The van der Waals surface area contributed by atoms with Crippen LogP contribution in [0, 0.1) is 11.8 Å². The summed E-state index contributed by atoms with van der Waals surface area (Å²) in [6.45, 7) is 13.2. The van der Waals surface area contributed by atoms with Crippen molar-refractivity contribution in [1.82, 2.24) is 25.0 Å². The number of piperidine rings is 1. The second-order valence-corrected chi connectivity index (χ2v) is 6.27. The fraction of sp³-hybridized carbons (Fsp3) is 0.867. The van der Waals surface area contributed by atoms with Crippen LogP contribution in [0.2, 0.25) is 0 Å². The lowest BCUT2D eigenvalue weighted by atomic mass is 9.97. The predicted octanol–water partition coefficient (Wildman–Crippen LogP) is 1.76. The van der Waals surface area contributed by atoms with Crippen LogP contribution in [-0.4, -0.2) is 45.8 Å². The first-order chi connectivity index (χ1) is 9.69. The smallest absolute Gasteiger partial charge is 0.141 e. The molecule has 5 heteroatoms. The molecule has 114 valence electrons. The van der Waals surface area contributed by atoms with E-state index in [0.29, 0.717) is 5.92 Å². The molecule has 1 saturated heterocycles. The van der Waals surface area contributed by atoms with Crippen molar-refractivity contribution in [3.63, 3.8) is 0 Å². The Morgan fingerprint density at radius 2 is 2.15 bits per heavy atom. The van der Waals surface area contributed by atoms with E-state index in [0.717, 1.165) is 31.4 Å². The summed E-state index contributed by atoms with van der Waals surface area (Å²) in [5.41, 5.74) is 0. The van der Waals surface area contributed by atoms with E-state index in [1.807, 2.05) is 0 Å². The third kappa shape index (κ3) is 4.56. The number of aromatic nitrogens is 3. The number of hydrogen-bond donors (Lipinski definition) is 1. The molecule has 0 aliphatic carbocycles. The summed E-state index contributed by atoms with van der Waals surface area (Å²) in [6.07, 6.45) is 4.29. The van der Waals surface area contributed by atoms with Gasteiger partial charge in [-0.1, -0.05) is 20.8 Å². The highest BCUT2D eigenvalue weighted by atomic mass is 15.3. The molecular formula is C15H29N5. The first-order valence-corrected chi connectivity index (χ1v) is 7.98. The van der Waals surface area contributed by atoms with Gasteiger partial charge in [-0.3, -0.25) is 4.90 Å². The van der Waals surface area contributed by atoms with Gasteiger partial charge in [0.15, 0.2) is 0 Å². The minimum Gasteiger partial charge on any atom is -0.317 e. The number of hydrogen-bond acceptors (Lipinski definition) is 4. The van der Waals surface area contributed by atoms with Crippen molar-refractivity contribution in [3.8, 4) is 0 Å². The van der Waals surface area contributed by atoms with Crippen LogP contribution < -0.4 is 5.32 Å². The molecule has 0 unspecified atom stereocenters. The van der Waals surface area contributed by atoms with Gasteiger partial charge >= 0.3 is 0 Å². The van der Waals surface area contributed by atoms with E-state index in [9.17, 15) is 0 Å². The normalized spacial score (nSPS) is 17.2. The van der Waals surface area contributed by atoms with E-state index in [4.69, 9.17) is 0 Å². The molecule has 0 amide bonds. The van der Waals surface area contributed by atoms with Crippen molar-refractivity contribution >= 4 is 0 Å². The average Bonchev–Trinajstić information content (AvgIpc) is 2.85. The van der Waals surface area contributed by atoms with Crippen LogP contribution in [0.5, 0.6) is 0 Å². The maximum Gasteiger partial charge on any atom is 0.141 e. The molecule has 0 bridgehead atoms. The molecule has 1 aliphatic rings. The number of nitrogens with zero attached hydrogens (tertiary/aromatic N) is 4. The van der Waals surface area contributed by atoms with E-state index in [1.54, 1.807) is 6.33 Å². The molecule has 0 radical (unpaired) electrons. The van der Waals surface area contributed by atoms with E-state index >= 15 is 0 Å². The van der Waals surface area contributed by atoms with E-state index < -0.39 is 0 Å². The van der Waals surface area contributed by atoms with Crippen molar-refractivity contribution in [2.45, 2.75) is 46.7 Å². The Bertz CT molecular complexity index is 381. The van der Waals surface area contributed by atoms with Crippen LogP contribution in [0.15, 0.2) is 6.33 Å². The molecular weight excluding hydrogens is 250 g/mol. The van der Waals surface area contributed by atoms with Crippen LogP contribution in [-0.2, 0) is 13.1 Å². The highest BCUT2D eigenvalue weighted by molar-refractivity contribution is 4.86. The topological polar surface area (TPSA) is 46.0 Å². The van der Waals surface area contributed by atoms with Gasteiger partial charge in [0.05, 0.1) is 6.54 Å². The lowest BCUT2D eigenvalue weighted by Gasteiger charge is -2.29. The summed E-state index contributed by atoms with van der Waals surface area (Å²) in [5.74, 6) is 2.54. The second-order valence-electron chi connectivity index (χ2n) is 6.27. The standard InChI is InChI=1S/C15H29N5/c1-4-19(10-14-5-7-16-8-6-14)11-15-17-12-18-20(15)9-13(2)3/h12-14,16H,4-11H2,1-3H3. The summed E-state index contributed by atoms with van der Waals surface area (Å²) in [5, 5.41) is 7.80. The molecule has 5 nitrogen and oxygen atoms in total. The van der Waals surface area contributed by atoms with Crippen LogP contribution in [0.3, 0.4) is 0 Å². The third-order valence-electron chi connectivity index (χ3n) is 4.02. The van der Waals surface area contributed by atoms with Gasteiger partial charge in [0, 0.05) is 13.1 Å². The Morgan fingerprint density at radius 1 is 1.40 bits per heavy atom. The van der Waals surface area contributed by atoms with E-state index in [1.165, 1.54) is 32.5 Å². The Balaban J connectivity index is 1.90. The number of rotatable bonds is 7. The van der Waals surface area contributed by atoms with Crippen molar-refractivity contribution in [3.05, 3.63) is 12.2 Å². The molecule has 1 aromatic heterocycles. The fourth-order valence-electron chi connectivity index (χ4n) is 2.84. The lowest BCUT2D eigenvalue weighted by molar-refractivity contribution is 0.199. The average molecular weight is 279 g/mol. The summed E-state index contributed by atoms with van der Waals surface area (Å²) >= 11 is 0. The van der Waals surface area contributed by atoms with Crippen molar-refractivity contribution < 1.29 is 0 Å². The van der Waals surface area contributed by atoms with Gasteiger partial charge in [0.1, 0.15) is 12.2 Å². The van der Waals surface area contributed by atoms with Crippen molar-refractivity contribution in [2.75, 3.05) is 26.2 Å². The first kappa shape index (κ1) is 15.4. The largest absolute Gasteiger partial charge is 0.317 e. The Morgan fingerprint density at radius 3 is 2.80 bits per heavy atom. The molecule has 0 atom stereocenters. The van der Waals surface area contributed by atoms with Crippen LogP contribution in [0.25, 0.3) is 0 Å². The SMILES string of the molecule is CCN(Cc1ncnn1CC(C)C)CC1CCNCC1. The van der Waals surface area contributed by atoms with Gasteiger partial charge in [0.25, 0.3) is 0 Å².